The summed E-state index contributed by atoms with van der Waals surface area (Å²) in [6, 6.07) is 0. The maximum atomic E-state index is 11.4. The molecule has 0 saturated heterocycles. The lowest BCUT2D eigenvalue weighted by Crippen LogP contribution is -2.46. The minimum Gasteiger partial charge on any atom is -0.358 e. The van der Waals surface area contributed by atoms with E-state index in [-0.39, 0.29) is 53.1 Å². The standard InChI is InChI=1S/C13H22N6O6.C2H6.6H2/c1-8(20)15-4-10(22)17-6-12(24)19-7-13(25)18-5-11(23)16-3-9(21)14-2;1-2;;;;;;/h3-7H2,1-2H3,(H,14,21)(H,15,20)(H,16,23)(H,17,22)(H,18,25)(H,19,24);1-2H3;6*1H. The molecule has 0 unspecified atom stereocenters. The highest BCUT2D eigenvalue weighted by Crippen LogP contribution is 1.72. The van der Waals surface area contributed by atoms with Crippen molar-refractivity contribution in [1.29, 1.82) is 0 Å². The summed E-state index contributed by atoms with van der Waals surface area (Å²) in [4.78, 5) is 66.9. The molecular weight excluding hydrogens is 360 g/mol. The molecule has 0 aromatic rings. The second kappa shape index (κ2) is 16.3. The van der Waals surface area contributed by atoms with Gasteiger partial charge >= 0.3 is 0 Å². The highest BCUT2D eigenvalue weighted by atomic mass is 16.2. The first-order chi connectivity index (χ1) is 12.7. The van der Waals surface area contributed by atoms with Gasteiger partial charge in [-0.25, -0.2) is 0 Å². The van der Waals surface area contributed by atoms with Gasteiger partial charge in [-0.05, 0) is 0 Å². The van der Waals surface area contributed by atoms with E-state index in [1.807, 2.05) is 13.8 Å². The number of rotatable bonds is 10. The van der Waals surface area contributed by atoms with E-state index >= 15 is 0 Å². The van der Waals surface area contributed by atoms with Crippen LogP contribution in [0.25, 0.3) is 0 Å². The van der Waals surface area contributed by atoms with Crippen molar-refractivity contribution in [1.82, 2.24) is 31.9 Å². The van der Waals surface area contributed by atoms with E-state index in [2.05, 4.69) is 31.9 Å². The summed E-state index contributed by atoms with van der Waals surface area (Å²) in [6.07, 6.45) is 0. The number of hydrogen-bond donors (Lipinski definition) is 6. The van der Waals surface area contributed by atoms with Crippen molar-refractivity contribution in [2.45, 2.75) is 20.8 Å². The van der Waals surface area contributed by atoms with Crippen LogP contribution in [0.5, 0.6) is 0 Å². The monoisotopic (exact) mass is 400 g/mol. The zero-order valence-corrected chi connectivity index (χ0v) is 16.0. The largest absolute Gasteiger partial charge is 0.358 e. The second-order valence-corrected chi connectivity index (χ2v) is 4.69. The summed E-state index contributed by atoms with van der Waals surface area (Å²) >= 11 is 0. The van der Waals surface area contributed by atoms with Gasteiger partial charge in [-0.2, -0.15) is 0 Å². The van der Waals surface area contributed by atoms with E-state index in [0.717, 1.165) is 0 Å². The van der Waals surface area contributed by atoms with Crippen molar-refractivity contribution >= 4 is 35.4 Å². The number of carbonyl (C=O) groups is 6. The van der Waals surface area contributed by atoms with E-state index in [1.165, 1.54) is 14.0 Å². The third-order valence-corrected chi connectivity index (χ3v) is 2.56. The molecule has 166 valence electrons. The molecule has 12 nitrogen and oxygen atoms in total. The summed E-state index contributed by atoms with van der Waals surface area (Å²) in [6.45, 7) is 3.69. The summed E-state index contributed by atoms with van der Waals surface area (Å²) in [5.41, 5.74) is 0. The summed E-state index contributed by atoms with van der Waals surface area (Å²) in [7, 11) is 1.42. The van der Waals surface area contributed by atoms with Gasteiger partial charge in [-0.15, -0.1) is 0 Å². The van der Waals surface area contributed by atoms with Gasteiger partial charge in [0.2, 0.25) is 35.4 Å². The molecule has 0 fully saturated rings. The maximum absolute atomic E-state index is 11.4. The van der Waals surface area contributed by atoms with Crippen molar-refractivity contribution in [3.05, 3.63) is 0 Å². The zero-order valence-electron chi connectivity index (χ0n) is 16.0. The molecule has 12 heteroatoms. The minimum absolute atomic E-state index is 0. The first-order valence-electron chi connectivity index (χ1n) is 8.26. The second-order valence-electron chi connectivity index (χ2n) is 4.69. The molecule has 0 aliphatic rings. The Bertz CT molecular complexity index is 559. The normalized spacial score (nSPS) is 8.89. The Balaban J connectivity index is -0.000000126. The van der Waals surface area contributed by atoms with Crippen LogP contribution in [0.15, 0.2) is 0 Å². The Hall–Kier alpha value is -3.18. The van der Waals surface area contributed by atoms with Gasteiger partial charge in [0.25, 0.3) is 0 Å². The predicted molar refractivity (Wildman–Crippen MR) is 109 cm³/mol. The highest BCUT2D eigenvalue weighted by molar-refractivity contribution is 5.91. The van der Waals surface area contributed by atoms with Gasteiger partial charge in [0, 0.05) is 22.5 Å². The van der Waals surface area contributed by atoms with Crippen LogP contribution >= 0.6 is 0 Å². The molecule has 0 aliphatic carbocycles. The SMILES string of the molecule is CC.CNC(=O)CNC(=O)CNC(=O)CNC(=O)CNC(=O)CNC(C)=O.[HH].[HH].[HH].[HH].[HH].[HH]. The summed E-state index contributed by atoms with van der Waals surface area (Å²) in [5.74, 6) is -3.11. The Labute approximate surface area is 166 Å². The number of likely N-dealkylation sites (N-methyl/N-ethyl adjacent to an activating group) is 1. The van der Waals surface area contributed by atoms with Gasteiger partial charge in [0.15, 0.2) is 0 Å². The molecular formula is C15H40N6O6. The van der Waals surface area contributed by atoms with Crippen molar-refractivity contribution in [3.63, 3.8) is 0 Å². The summed E-state index contributed by atoms with van der Waals surface area (Å²) in [5, 5.41) is 13.6. The van der Waals surface area contributed by atoms with Crippen LogP contribution < -0.4 is 31.9 Å². The molecule has 6 amide bonds. The van der Waals surface area contributed by atoms with Gasteiger partial charge < -0.3 is 31.9 Å². The predicted octanol–water partition coefficient (Wildman–Crippen LogP) is -2.16. The highest BCUT2D eigenvalue weighted by Gasteiger charge is 2.09. The van der Waals surface area contributed by atoms with Crippen molar-refractivity contribution in [3.8, 4) is 0 Å². The maximum Gasteiger partial charge on any atom is 0.239 e. The lowest BCUT2D eigenvalue weighted by atomic mass is 10.4. The third kappa shape index (κ3) is 17.4. The van der Waals surface area contributed by atoms with Crippen LogP contribution in [0, 0.1) is 0 Å². The Morgan fingerprint density at radius 1 is 0.556 bits per heavy atom. The smallest absolute Gasteiger partial charge is 0.239 e. The van der Waals surface area contributed by atoms with Gasteiger partial charge in [-0.1, -0.05) is 13.8 Å². The van der Waals surface area contributed by atoms with Crippen molar-refractivity contribution < 1.29 is 37.3 Å². The molecule has 0 aliphatic heterocycles. The van der Waals surface area contributed by atoms with Crippen LogP contribution in [-0.4, -0.2) is 75.2 Å². The Morgan fingerprint density at radius 2 is 0.815 bits per heavy atom. The quantitative estimate of drug-likeness (QED) is 0.243. The van der Waals surface area contributed by atoms with E-state index in [0.29, 0.717) is 0 Å². The lowest BCUT2D eigenvalue weighted by molar-refractivity contribution is -0.129. The van der Waals surface area contributed by atoms with E-state index < -0.39 is 23.6 Å². The molecule has 27 heavy (non-hydrogen) atoms. The molecule has 0 spiro atoms. The molecule has 0 bridgehead atoms. The average Bonchev–Trinajstić information content (AvgIpc) is 2.66. The molecule has 0 rings (SSSR count). The first-order valence-corrected chi connectivity index (χ1v) is 8.26. The zero-order chi connectivity index (χ0) is 21.2. The molecule has 0 atom stereocenters. The van der Waals surface area contributed by atoms with E-state index in [1.54, 1.807) is 0 Å². The molecule has 0 aromatic heterocycles. The van der Waals surface area contributed by atoms with Crippen LogP contribution in [0.1, 0.15) is 29.3 Å². The molecule has 0 heterocycles. The minimum atomic E-state index is -0.618. The van der Waals surface area contributed by atoms with E-state index in [9.17, 15) is 28.8 Å². The average molecular weight is 401 g/mol. The number of nitrogens with one attached hydrogen (secondary N) is 6. The topological polar surface area (TPSA) is 175 Å². The van der Waals surface area contributed by atoms with Gasteiger partial charge in [0.05, 0.1) is 32.7 Å². The van der Waals surface area contributed by atoms with Crippen LogP contribution in [0.2, 0.25) is 0 Å². The van der Waals surface area contributed by atoms with Crippen LogP contribution in [0.3, 0.4) is 0 Å². The first kappa shape index (κ1) is 26.1. The van der Waals surface area contributed by atoms with Crippen molar-refractivity contribution in [2.75, 3.05) is 39.8 Å². The summed E-state index contributed by atoms with van der Waals surface area (Å²) < 4.78 is 0. The molecule has 6 N–H and O–H groups in total. The van der Waals surface area contributed by atoms with Crippen LogP contribution in [-0.2, 0) is 28.8 Å². The van der Waals surface area contributed by atoms with Gasteiger partial charge in [0.1, 0.15) is 0 Å². The fourth-order valence-electron chi connectivity index (χ4n) is 1.26. The third-order valence-electron chi connectivity index (χ3n) is 2.56. The van der Waals surface area contributed by atoms with Gasteiger partial charge in [-0.3, -0.25) is 28.8 Å². The van der Waals surface area contributed by atoms with E-state index in [4.69, 9.17) is 0 Å². The number of amides is 6. The Kier molecular flexibility index (Phi) is 15.7. The van der Waals surface area contributed by atoms with Crippen LogP contribution in [0.4, 0.5) is 0 Å². The van der Waals surface area contributed by atoms with Crippen molar-refractivity contribution in [2.24, 2.45) is 0 Å². The molecule has 0 saturated carbocycles. The Morgan fingerprint density at radius 3 is 1.07 bits per heavy atom. The fraction of sp³-hybridized carbons (Fsp3) is 0.600. The number of hydrogen-bond acceptors (Lipinski definition) is 6. The number of carbonyl (C=O) groups excluding carboxylic acids is 6. The molecule has 0 radical (unpaired) electrons. The molecule has 0 aromatic carbocycles. The lowest BCUT2D eigenvalue weighted by Gasteiger charge is -2.08. The fourth-order valence-corrected chi connectivity index (χ4v) is 1.26.